The minimum Gasteiger partial charge on any atom is -0.494 e. The first kappa shape index (κ1) is 15.4. The summed E-state index contributed by atoms with van der Waals surface area (Å²) >= 11 is 0. The first-order valence-electron chi connectivity index (χ1n) is 6.84. The largest absolute Gasteiger partial charge is 0.494 e. The maximum atomic E-state index is 9.72. The van der Waals surface area contributed by atoms with Gasteiger partial charge in [0, 0.05) is 5.41 Å². The highest BCUT2D eigenvalue weighted by Gasteiger charge is 2.28. The number of aromatic nitrogens is 2. The van der Waals surface area contributed by atoms with Crippen molar-refractivity contribution in [3.8, 4) is 17.3 Å². The summed E-state index contributed by atoms with van der Waals surface area (Å²) < 4.78 is 12.6. The van der Waals surface area contributed by atoms with E-state index in [1.54, 1.807) is 18.9 Å². The molecule has 0 aliphatic heterocycles. The van der Waals surface area contributed by atoms with E-state index in [-0.39, 0.29) is 12.0 Å². The zero-order chi connectivity index (χ0) is 15.6. The van der Waals surface area contributed by atoms with Gasteiger partial charge in [-0.1, -0.05) is 32.9 Å². The van der Waals surface area contributed by atoms with Crippen molar-refractivity contribution in [1.82, 2.24) is 9.78 Å². The number of hydrogen-bond acceptors (Lipinski definition) is 4. The predicted octanol–water partition coefficient (Wildman–Crippen LogP) is 2.68. The van der Waals surface area contributed by atoms with Gasteiger partial charge in [-0.3, -0.25) is 0 Å². The molecule has 0 saturated heterocycles. The van der Waals surface area contributed by atoms with Gasteiger partial charge in [0.2, 0.25) is 5.88 Å². The molecule has 2 rings (SSSR count). The molecule has 0 spiro atoms. The van der Waals surface area contributed by atoms with Crippen LogP contribution in [0.4, 0.5) is 0 Å². The minimum atomic E-state index is -0.196. The van der Waals surface area contributed by atoms with Crippen molar-refractivity contribution in [1.29, 1.82) is 0 Å². The van der Waals surface area contributed by atoms with Crippen molar-refractivity contribution in [2.75, 3.05) is 14.2 Å². The Bertz CT molecular complexity index is 627. The van der Waals surface area contributed by atoms with Crippen molar-refractivity contribution >= 4 is 0 Å². The number of methoxy groups -OCH3 is 2. The van der Waals surface area contributed by atoms with E-state index in [1.807, 2.05) is 24.3 Å². The van der Waals surface area contributed by atoms with Gasteiger partial charge in [-0.25, -0.2) is 0 Å². The summed E-state index contributed by atoms with van der Waals surface area (Å²) in [6.07, 6.45) is 0. The van der Waals surface area contributed by atoms with Crippen LogP contribution in [0.5, 0.6) is 11.6 Å². The van der Waals surface area contributed by atoms with Gasteiger partial charge in [-0.2, -0.15) is 9.78 Å². The second kappa shape index (κ2) is 5.77. The molecule has 0 aliphatic carbocycles. The molecule has 0 radical (unpaired) electrons. The maximum absolute atomic E-state index is 9.72. The normalized spacial score (nSPS) is 11.5. The zero-order valence-electron chi connectivity index (χ0n) is 13.2. The molecule has 1 aromatic carbocycles. The van der Waals surface area contributed by atoms with Crippen molar-refractivity contribution in [3.05, 3.63) is 35.5 Å². The highest BCUT2D eigenvalue weighted by molar-refractivity contribution is 5.50. The number of aliphatic hydroxyl groups excluding tert-OH is 1. The molecule has 1 heterocycles. The summed E-state index contributed by atoms with van der Waals surface area (Å²) in [6.45, 7) is 6.05. The molecule has 0 bridgehead atoms. The third-order valence-electron chi connectivity index (χ3n) is 3.31. The molecular formula is C16H22N2O3. The van der Waals surface area contributed by atoms with E-state index in [0.717, 1.165) is 11.4 Å². The van der Waals surface area contributed by atoms with Gasteiger partial charge in [0.1, 0.15) is 11.4 Å². The number of nitrogens with zero attached hydrogens (tertiary/aromatic N) is 2. The summed E-state index contributed by atoms with van der Waals surface area (Å²) in [4.78, 5) is 0. The van der Waals surface area contributed by atoms with Gasteiger partial charge in [0.05, 0.1) is 32.1 Å². The van der Waals surface area contributed by atoms with E-state index < -0.39 is 0 Å². The first-order valence-corrected chi connectivity index (χ1v) is 6.84. The standard InChI is InChI=1S/C16H22N2O3/c1-16(2,3)14-11(10-19)15(21-5)18(17-14)12-8-6-7-9-13(12)20-4/h6-9,19H,10H2,1-5H3. The summed E-state index contributed by atoms with van der Waals surface area (Å²) in [5, 5.41) is 14.4. The maximum Gasteiger partial charge on any atom is 0.222 e. The van der Waals surface area contributed by atoms with Gasteiger partial charge >= 0.3 is 0 Å². The van der Waals surface area contributed by atoms with Crippen molar-refractivity contribution < 1.29 is 14.6 Å². The molecule has 114 valence electrons. The van der Waals surface area contributed by atoms with Crippen molar-refractivity contribution in [2.24, 2.45) is 0 Å². The van der Waals surface area contributed by atoms with Gasteiger partial charge in [-0.15, -0.1) is 0 Å². The molecule has 0 unspecified atom stereocenters. The zero-order valence-corrected chi connectivity index (χ0v) is 13.2. The highest BCUT2D eigenvalue weighted by Crippen LogP contribution is 2.35. The Morgan fingerprint density at radius 3 is 2.33 bits per heavy atom. The topological polar surface area (TPSA) is 56.5 Å². The van der Waals surface area contributed by atoms with Crippen molar-refractivity contribution in [2.45, 2.75) is 32.8 Å². The fourth-order valence-electron chi connectivity index (χ4n) is 2.36. The first-order chi connectivity index (χ1) is 9.93. The summed E-state index contributed by atoms with van der Waals surface area (Å²) in [6, 6.07) is 7.58. The van der Waals surface area contributed by atoms with Gasteiger partial charge < -0.3 is 14.6 Å². The molecule has 2 aromatic rings. The Kier molecular flexibility index (Phi) is 4.23. The van der Waals surface area contributed by atoms with Crippen LogP contribution in [-0.2, 0) is 12.0 Å². The summed E-state index contributed by atoms with van der Waals surface area (Å²) in [5.74, 6) is 1.23. The Morgan fingerprint density at radius 2 is 1.81 bits per heavy atom. The molecule has 0 aliphatic rings. The molecule has 0 fully saturated rings. The van der Waals surface area contributed by atoms with Crippen LogP contribution in [0.1, 0.15) is 32.0 Å². The van der Waals surface area contributed by atoms with E-state index in [4.69, 9.17) is 9.47 Å². The van der Waals surface area contributed by atoms with Crippen LogP contribution in [0, 0.1) is 0 Å². The third kappa shape index (κ3) is 2.74. The van der Waals surface area contributed by atoms with Crippen LogP contribution < -0.4 is 9.47 Å². The number of hydrogen-bond donors (Lipinski definition) is 1. The fourth-order valence-corrected chi connectivity index (χ4v) is 2.36. The average molecular weight is 290 g/mol. The number of benzene rings is 1. The number of aliphatic hydroxyl groups is 1. The van der Waals surface area contributed by atoms with Crippen LogP contribution in [0.25, 0.3) is 5.69 Å². The number of rotatable bonds is 4. The van der Waals surface area contributed by atoms with E-state index in [0.29, 0.717) is 17.2 Å². The lowest BCUT2D eigenvalue weighted by atomic mass is 9.89. The third-order valence-corrected chi connectivity index (χ3v) is 3.31. The van der Waals surface area contributed by atoms with Crippen LogP contribution in [0.3, 0.4) is 0 Å². The predicted molar refractivity (Wildman–Crippen MR) is 81.3 cm³/mol. The highest BCUT2D eigenvalue weighted by atomic mass is 16.5. The number of ether oxygens (including phenoxy) is 2. The van der Waals surface area contributed by atoms with Crippen LogP contribution in [0.2, 0.25) is 0 Å². The lowest BCUT2D eigenvalue weighted by Crippen LogP contribution is -2.15. The molecule has 1 N–H and O–H groups in total. The van der Waals surface area contributed by atoms with Crippen molar-refractivity contribution in [3.63, 3.8) is 0 Å². The lowest BCUT2D eigenvalue weighted by molar-refractivity contribution is 0.269. The molecule has 0 saturated carbocycles. The molecule has 0 atom stereocenters. The van der Waals surface area contributed by atoms with Gasteiger partial charge in [0.15, 0.2) is 0 Å². The molecule has 21 heavy (non-hydrogen) atoms. The van der Waals surface area contributed by atoms with Crippen LogP contribution in [0.15, 0.2) is 24.3 Å². The second-order valence-corrected chi connectivity index (χ2v) is 5.83. The SMILES string of the molecule is COc1ccccc1-n1nc(C(C)(C)C)c(CO)c1OC. The Hall–Kier alpha value is -2.01. The Labute approximate surface area is 125 Å². The molecule has 5 nitrogen and oxygen atoms in total. The molecule has 0 amide bonds. The van der Waals surface area contributed by atoms with E-state index >= 15 is 0 Å². The van der Waals surface area contributed by atoms with E-state index in [9.17, 15) is 5.11 Å². The van der Waals surface area contributed by atoms with E-state index in [1.165, 1.54) is 0 Å². The lowest BCUT2D eigenvalue weighted by Gasteiger charge is -2.16. The molecule has 1 aromatic heterocycles. The van der Waals surface area contributed by atoms with Gasteiger partial charge in [0.25, 0.3) is 0 Å². The summed E-state index contributed by atoms with van der Waals surface area (Å²) in [7, 11) is 3.20. The van der Waals surface area contributed by atoms with Gasteiger partial charge in [-0.05, 0) is 12.1 Å². The Morgan fingerprint density at radius 1 is 1.14 bits per heavy atom. The van der Waals surface area contributed by atoms with Crippen LogP contribution in [-0.4, -0.2) is 29.1 Å². The quantitative estimate of drug-likeness (QED) is 0.940. The second-order valence-electron chi connectivity index (χ2n) is 5.83. The average Bonchev–Trinajstić information content (AvgIpc) is 2.85. The summed E-state index contributed by atoms with van der Waals surface area (Å²) in [5.41, 5.74) is 2.10. The number of para-hydroxylation sites is 2. The van der Waals surface area contributed by atoms with E-state index in [2.05, 4.69) is 25.9 Å². The molecular weight excluding hydrogens is 268 g/mol. The smallest absolute Gasteiger partial charge is 0.222 e. The fraction of sp³-hybridized carbons (Fsp3) is 0.438. The van der Waals surface area contributed by atoms with Crippen LogP contribution >= 0.6 is 0 Å². The molecule has 5 heteroatoms. The monoisotopic (exact) mass is 290 g/mol. The Balaban J connectivity index is 2.72. The minimum absolute atomic E-state index is 0.120.